The molecule has 21 nitrogen and oxygen atoms in total. The van der Waals surface area contributed by atoms with Crippen molar-refractivity contribution >= 4 is 51.8 Å². The minimum atomic E-state index is -0.701. The number of aliphatic hydroxyl groups excluding tert-OH is 1. The summed E-state index contributed by atoms with van der Waals surface area (Å²) in [5.74, 6) is 2.89. The minimum absolute atomic E-state index is 0.129. The summed E-state index contributed by atoms with van der Waals surface area (Å²) in [5, 5.41) is 62.4. The largest absolute Gasteiger partial charge is 0.395 e. The van der Waals surface area contributed by atoms with Crippen LogP contribution in [-0.4, -0.2) is 108 Å². The molecule has 1 fully saturated rings. The van der Waals surface area contributed by atoms with E-state index < -0.39 is 43.0 Å². The van der Waals surface area contributed by atoms with Crippen LogP contribution in [0.5, 0.6) is 0 Å². The van der Waals surface area contributed by atoms with E-state index in [0.717, 1.165) is 37.4 Å². The predicted molar refractivity (Wildman–Crippen MR) is 214 cm³/mol. The van der Waals surface area contributed by atoms with Crippen LogP contribution in [0.2, 0.25) is 0 Å². The number of hydrazone groups is 1. The van der Waals surface area contributed by atoms with Crippen molar-refractivity contribution in [2.24, 2.45) is 10.9 Å². The van der Waals surface area contributed by atoms with Crippen molar-refractivity contribution in [2.45, 2.75) is 0 Å². The van der Waals surface area contributed by atoms with Gasteiger partial charge in [0.05, 0.1) is 79.9 Å². The molecular formula is C35H40F4N12O9. The molecule has 322 valence electrons. The van der Waals surface area contributed by atoms with Crippen LogP contribution >= 0.6 is 0 Å². The number of non-ortho nitro benzene ring substituents is 4. The van der Waals surface area contributed by atoms with E-state index >= 15 is 0 Å². The van der Waals surface area contributed by atoms with E-state index in [4.69, 9.17) is 10.9 Å². The van der Waals surface area contributed by atoms with Gasteiger partial charge in [0.25, 0.3) is 22.7 Å². The summed E-state index contributed by atoms with van der Waals surface area (Å²) in [5.41, 5.74) is 0.103. The molecule has 5 N–H and O–H groups in total. The number of nitrogens with one attached hydrogen (secondary N) is 2. The number of likely N-dealkylation sites (N-methyl/N-ethyl adjacent to an activating group) is 2. The Morgan fingerprint density at radius 3 is 1.43 bits per heavy atom. The molecule has 0 unspecified atom stereocenters. The first-order valence-corrected chi connectivity index (χ1v) is 17.5. The lowest BCUT2D eigenvalue weighted by molar-refractivity contribution is -0.385. The number of nitrogens with two attached hydrogens (primary N) is 1. The molecule has 0 atom stereocenters. The van der Waals surface area contributed by atoms with Crippen molar-refractivity contribution in [3.05, 3.63) is 137 Å². The van der Waals surface area contributed by atoms with Gasteiger partial charge in [0.1, 0.15) is 6.34 Å². The summed E-state index contributed by atoms with van der Waals surface area (Å²) in [4.78, 5) is 42.3. The van der Waals surface area contributed by atoms with E-state index in [-0.39, 0.29) is 47.3 Å². The zero-order chi connectivity index (χ0) is 44.5. The fourth-order valence-corrected chi connectivity index (χ4v) is 4.78. The molecule has 2 aliphatic heterocycles. The number of nitro benzene ring substituents is 4. The van der Waals surface area contributed by atoms with Gasteiger partial charge < -0.3 is 25.5 Å². The number of nitro groups is 4. The second-order valence-electron chi connectivity index (χ2n) is 12.5. The number of aliphatic hydroxyl groups is 1. The van der Waals surface area contributed by atoms with Crippen LogP contribution in [-0.2, 0) is 0 Å². The topological polar surface area (TPSA) is 268 Å². The van der Waals surface area contributed by atoms with Gasteiger partial charge in [-0.25, -0.2) is 22.6 Å². The highest BCUT2D eigenvalue weighted by molar-refractivity contribution is 5.80. The molecule has 0 aliphatic carbocycles. The van der Waals surface area contributed by atoms with Crippen LogP contribution in [0.15, 0.2) is 77.9 Å². The lowest BCUT2D eigenvalue weighted by Gasteiger charge is -2.27. The maximum absolute atomic E-state index is 13.7. The van der Waals surface area contributed by atoms with E-state index in [1.165, 1.54) is 59.9 Å². The Hall–Kier alpha value is -7.25. The number of benzene rings is 4. The monoisotopic (exact) mass is 848 g/mol. The van der Waals surface area contributed by atoms with Crippen molar-refractivity contribution < 1.29 is 42.4 Å². The van der Waals surface area contributed by atoms with Crippen LogP contribution in [0.4, 0.5) is 63.1 Å². The molecule has 1 saturated heterocycles. The van der Waals surface area contributed by atoms with E-state index in [1.54, 1.807) is 21.9 Å². The Labute approximate surface area is 338 Å². The maximum atomic E-state index is 13.7. The Morgan fingerprint density at radius 2 is 1.08 bits per heavy atom. The predicted octanol–water partition coefficient (Wildman–Crippen LogP) is 5.07. The first kappa shape index (κ1) is 47.1. The van der Waals surface area contributed by atoms with E-state index in [9.17, 15) is 58.0 Å². The van der Waals surface area contributed by atoms with Crippen LogP contribution in [0.1, 0.15) is 0 Å². The molecular weight excluding hydrogens is 808 g/mol. The number of hydrogen-bond donors (Lipinski definition) is 4. The lowest BCUT2D eigenvalue weighted by Crippen LogP contribution is -2.36. The van der Waals surface area contributed by atoms with Gasteiger partial charge in [-0.05, 0) is 24.3 Å². The Balaban J connectivity index is 0.000000215. The van der Waals surface area contributed by atoms with E-state index in [1.807, 2.05) is 7.05 Å². The molecule has 60 heavy (non-hydrogen) atoms. The maximum Gasteiger partial charge on any atom is 0.272 e. The SMILES string of the molecule is CN(N)CCNc1ccc([N+](=O)[O-])cc1F.CN1CCN(c2ccc([N+](=O)[O-])cc2F)C=N1.O=[N+]([O-])c1ccc(N2CC2)c(F)c1.O=[N+]([O-])c1ccc(NCCO)c(F)c1. The van der Waals surface area contributed by atoms with Crippen molar-refractivity contribution in [1.82, 2.24) is 10.0 Å². The van der Waals surface area contributed by atoms with Gasteiger partial charge in [-0.2, -0.15) is 5.10 Å². The fourth-order valence-electron chi connectivity index (χ4n) is 4.78. The lowest BCUT2D eigenvalue weighted by atomic mass is 10.2. The molecule has 0 radical (unpaired) electrons. The Bertz CT molecular complexity index is 2170. The second kappa shape index (κ2) is 22.6. The summed E-state index contributed by atoms with van der Waals surface area (Å²) < 4.78 is 53.2. The highest BCUT2D eigenvalue weighted by Gasteiger charge is 2.23. The van der Waals surface area contributed by atoms with Crippen LogP contribution in [0, 0.1) is 63.7 Å². The zero-order valence-corrected chi connectivity index (χ0v) is 32.0. The number of hydrazine groups is 1. The smallest absolute Gasteiger partial charge is 0.272 e. The summed E-state index contributed by atoms with van der Waals surface area (Å²) in [6, 6.07) is 14.1. The summed E-state index contributed by atoms with van der Waals surface area (Å²) in [6.07, 6.45) is 1.51. The number of halogens is 4. The average molecular weight is 849 g/mol. The number of nitrogens with zero attached hydrogens (tertiary/aromatic N) is 9. The molecule has 2 aliphatic rings. The molecule has 2 heterocycles. The van der Waals surface area contributed by atoms with Crippen molar-refractivity contribution in [3.8, 4) is 0 Å². The van der Waals surface area contributed by atoms with Crippen molar-refractivity contribution in [1.29, 1.82) is 0 Å². The van der Waals surface area contributed by atoms with Gasteiger partial charge in [-0.15, -0.1) is 0 Å². The third kappa shape index (κ3) is 14.9. The molecule has 0 spiro atoms. The van der Waals surface area contributed by atoms with Crippen molar-refractivity contribution in [2.75, 3.05) is 86.9 Å². The average Bonchev–Trinajstić information content (AvgIpc) is 4.04. The molecule has 0 bridgehead atoms. The zero-order valence-electron chi connectivity index (χ0n) is 32.0. The van der Waals surface area contributed by atoms with E-state index in [2.05, 4.69) is 15.7 Å². The van der Waals surface area contributed by atoms with Crippen LogP contribution in [0.25, 0.3) is 0 Å². The van der Waals surface area contributed by atoms with Crippen molar-refractivity contribution in [3.63, 3.8) is 0 Å². The van der Waals surface area contributed by atoms with E-state index in [0.29, 0.717) is 37.6 Å². The van der Waals surface area contributed by atoms with Crippen LogP contribution < -0.4 is 26.3 Å². The molecule has 0 aromatic heterocycles. The first-order valence-electron chi connectivity index (χ1n) is 17.5. The second-order valence-corrected chi connectivity index (χ2v) is 12.5. The van der Waals surface area contributed by atoms with Gasteiger partial charge in [0.2, 0.25) is 0 Å². The summed E-state index contributed by atoms with van der Waals surface area (Å²) in [7, 11) is 3.51. The number of anilines is 4. The van der Waals surface area contributed by atoms with Gasteiger partial charge in [0, 0.05) is 77.6 Å². The first-order chi connectivity index (χ1) is 28.4. The van der Waals surface area contributed by atoms with Gasteiger partial charge in [0.15, 0.2) is 23.3 Å². The normalized spacial score (nSPS) is 12.5. The molecule has 4 aromatic carbocycles. The highest BCUT2D eigenvalue weighted by atomic mass is 19.1. The molecule has 6 rings (SSSR count). The summed E-state index contributed by atoms with van der Waals surface area (Å²) in [6.45, 7) is 3.99. The molecule has 0 saturated carbocycles. The van der Waals surface area contributed by atoms with Gasteiger partial charge >= 0.3 is 0 Å². The van der Waals surface area contributed by atoms with Gasteiger partial charge in [-0.1, -0.05) is 0 Å². The number of hydrogen-bond acceptors (Lipinski definition) is 17. The minimum Gasteiger partial charge on any atom is -0.395 e. The number of rotatable bonds is 13. The fraction of sp³-hybridized carbons (Fsp3) is 0.286. The third-order valence-electron chi connectivity index (χ3n) is 7.97. The summed E-state index contributed by atoms with van der Waals surface area (Å²) >= 11 is 0. The highest BCUT2D eigenvalue weighted by Crippen LogP contribution is 2.28. The molecule has 25 heteroatoms. The molecule has 4 aromatic rings. The third-order valence-corrected chi connectivity index (χ3v) is 7.97. The Morgan fingerprint density at radius 1 is 0.667 bits per heavy atom. The Kier molecular flexibility index (Phi) is 17.8. The quantitative estimate of drug-likeness (QED) is 0.0449. The van der Waals surface area contributed by atoms with Gasteiger partial charge in [-0.3, -0.25) is 51.3 Å². The standard InChI is InChI=1S/C10H11FN4O2.C9H13FN4O2.C8H9FN2O3.C8H7FN2O2/c1-13-4-5-14(7-12-13)10-3-2-8(15(16)17)6-9(10)11;1-13(11)5-4-12-9-3-2-7(14(15)16)6-8(9)10;9-7-5-6(11(13)14)1-2-8(7)10-3-4-12;9-7-5-6(11(12)13)1-2-8(7)10-3-4-10/h2-3,6-7H,4-5H2,1H3;2-3,6,12H,4-5,11H2,1H3;1-2,5,10,12H,3-4H2;1-2,5H,3-4H2. The molecule has 0 amide bonds. The van der Waals surface area contributed by atoms with Crippen LogP contribution in [0.3, 0.4) is 0 Å².